The zero-order chi connectivity index (χ0) is 16.2. The smallest absolute Gasteiger partial charge is 0.260 e. The van der Waals surface area contributed by atoms with E-state index < -0.39 is 5.82 Å². The average molecular weight is 340 g/mol. The molecule has 9 heteroatoms. The summed E-state index contributed by atoms with van der Waals surface area (Å²) in [5.41, 5.74) is 0. The Labute approximate surface area is 136 Å². The third-order valence-electron chi connectivity index (χ3n) is 3.83. The van der Waals surface area contributed by atoms with E-state index in [2.05, 4.69) is 20.6 Å². The molecule has 0 spiro atoms. The molecule has 1 saturated heterocycles. The lowest BCUT2D eigenvalue weighted by Crippen LogP contribution is -2.40. The number of aromatic nitrogens is 4. The molecule has 0 radical (unpaired) electrons. The summed E-state index contributed by atoms with van der Waals surface area (Å²) in [6.07, 6.45) is 1.57. The fourth-order valence-corrected chi connectivity index (χ4v) is 2.70. The molecule has 0 saturated carbocycles. The molecule has 1 aliphatic heterocycles. The van der Waals surface area contributed by atoms with Gasteiger partial charge in [0.2, 0.25) is 0 Å². The Hall–Kier alpha value is -2.22. The average Bonchev–Trinajstić information content (AvgIpc) is 3.10. The highest BCUT2D eigenvalue weighted by Gasteiger charge is 2.26. The van der Waals surface area contributed by atoms with Crippen LogP contribution in [0.25, 0.3) is 0 Å². The normalized spacial score (nSPS) is 15.7. The Balaban J connectivity index is 1.48. The van der Waals surface area contributed by atoms with E-state index in [0.29, 0.717) is 24.7 Å². The number of aromatic amines is 1. The number of hydrogen-bond acceptors (Lipinski definition) is 5. The summed E-state index contributed by atoms with van der Waals surface area (Å²) in [5.74, 6) is 0.640. The molecule has 0 bridgehead atoms. The lowest BCUT2D eigenvalue weighted by molar-refractivity contribution is -0.134. The maximum atomic E-state index is 13.1. The first-order valence-electron chi connectivity index (χ1n) is 7.22. The highest BCUT2D eigenvalue weighted by Crippen LogP contribution is 2.25. The number of nitrogens with one attached hydrogen (secondary N) is 1. The molecule has 0 unspecified atom stereocenters. The second-order valence-electron chi connectivity index (χ2n) is 5.29. The van der Waals surface area contributed by atoms with Crippen molar-refractivity contribution >= 4 is 17.5 Å². The van der Waals surface area contributed by atoms with Crippen LogP contribution in [0.15, 0.2) is 18.2 Å². The molecule has 3 rings (SSSR count). The second kappa shape index (κ2) is 6.91. The summed E-state index contributed by atoms with van der Waals surface area (Å²) in [7, 11) is 0. The molecule has 2 aromatic rings. The Morgan fingerprint density at radius 3 is 2.87 bits per heavy atom. The van der Waals surface area contributed by atoms with Crippen molar-refractivity contribution in [1.82, 2.24) is 25.5 Å². The third kappa shape index (κ3) is 3.76. The van der Waals surface area contributed by atoms with Crippen LogP contribution in [0.3, 0.4) is 0 Å². The number of carbonyl (C=O) groups excluding carboxylic acids is 1. The van der Waals surface area contributed by atoms with Crippen molar-refractivity contribution in [3.05, 3.63) is 34.9 Å². The lowest BCUT2D eigenvalue weighted by Gasteiger charge is -2.30. The summed E-state index contributed by atoms with van der Waals surface area (Å²) in [5, 5.41) is 13.9. The SMILES string of the molecule is O=C(COc1ccc(F)c(Cl)c1)N1CCC(c2nn[nH]n2)CC1. The molecule has 1 aromatic carbocycles. The topological polar surface area (TPSA) is 84.0 Å². The monoisotopic (exact) mass is 339 g/mol. The number of halogens is 2. The largest absolute Gasteiger partial charge is 0.484 e. The van der Waals surface area contributed by atoms with Gasteiger partial charge in [0.15, 0.2) is 12.4 Å². The van der Waals surface area contributed by atoms with Crippen molar-refractivity contribution in [3.63, 3.8) is 0 Å². The Kier molecular flexibility index (Phi) is 4.71. The molecule has 0 atom stereocenters. The predicted molar refractivity (Wildman–Crippen MR) is 79.6 cm³/mol. The number of piperidine rings is 1. The fourth-order valence-electron chi connectivity index (χ4n) is 2.53. The third-order valence-corrected chi connectivity index (χ3v) is 4.12. The predicted octanol–water partition coefficient (Wildman–Crippen LogP) is 1.78. The molecular formula is C14H15ClFN5O2. The molecule has 0 aliphatic carbocycles. The number of rotatable bonds is 4. The Bertz CT molecular complexity index is 674. The molecule has 1 amide bonds. The standard InChI is InChI=1S/C14H15ClFN5O2/c15-11-7-10(1-2-12(11)16)23-8-13(22)21-5-3-9(4-6-21)14-17-19-20-18-14/h1-2,7,9H,3-6,8H2,(H,17,18,19,20). The number of nitrogens with zero attached hydrogens (tertiary/aromatic N) is 4. The van der Waals surface area contributed by atoms with Crippen molar-refractivity contribution in [3.8, 4) is 5.75 Å². The van der Waals surface area contributed by atoms with E-state index in [9.17, 15) is 9.18 Å². The zero-order valence-corrected chi connectivity index (χ0v) is 13.0. The van der Waals surface area contributed by atoms with Crippen LogP contribution in [0.4, 0.5) is 4.39 Å². The molecule has 7 nitrogen and oxygen atoms in total. The number of tetrazole rings is 1. The summed E-state index contributed by atoms with van der Waals surface area (Å²) < 4.78 is 18.4. The summed E-state index contributed by atoms with van der Waals surface area (Å²) >= 11 is 5.67. The van der Waals surface area contributed by atoms with Gasteiger partial charge in [0.1, 0.15) is 11.6 Å². The zero-order valence-electron chi connectivity index (χ0n) is 12.2. The second-order valence-corrected chi connectivity index (χ2v) is 5.70. The Morgan fingerprint density at radius 1 is 1.43 bits per heavy atom. The number of ether oxygens (including phenoxy) is 1. The van der Waals surface area contributed by atoms with Gasteiger partial charge in [0.25, 0.3) is 5.91 Å². The quantitative estimate of drug-likeness (QED) is 0.917. The summed E-state index contributed by atoms with van der Waals surface area (Å²) in [4.78, 5) is 13.9. The fraction of sp³-hybridized carbons (Fsp3) is 0.429. The van der Waals surface area contributed by atoms with E-state index >= 15 is 0 Å². The van der Waals surface area contributed by atoms with Gasteiger partial charge in [0.05, 0.1) is 5.02 Å². The van der Waals surface area contributed by atoms with Gasteiger partial charge in [-0.15, -0.1) is 10.2 Å². The van der Waals surface area contributed by atoms with E-state index in [0.717, 1.165) is 12.8 Å². The maximum absolute atomic E-state index is 13.1. The van der Waals surface area contributed by atoms with Crippen LogP contribution in [0.2, 0.25) is 5.02 Å². The van der Waals surface area contributed by atoms with Crippen LogP contribution in [-0.4, -0.2) is 51.1 Å². The van der Waals surface area contributed by atoms with Crippen molar-refractivity contribution in [1.29, 1.82) is 0 Å². The summed E-state index contributed by atoms with van der Waals surface area (Å²) in [6.45, 7) is 1.13. The van der Waals surface area contributed by atoms with Crippen LogP contribution in [0.5, 0.6) is 5.75 Å². The molecule has 1 N–H and O–H groups in total. The van der Waals surface area contributed by atoms with Crippen LogP contribution >= 0.6 is 11.6 Å². The van der Waals surface area contributed by atoms with E-state index in [1.54, 1.807) is 4.90 Å². The van der Waals surface area contributed by atoms with Gasteiger partial charge >= 0.3 is 0 Å². The van der Waals surface area contributed by atoms with Gasteiger partial charge in [-0.05, 0) is 25.0 Å². The molecule has 122 valence electrons. The first-order chi connectivity index (χ1) is 11.1. The highest BCUT2D eigenvalue weighted by atomic mass is 35.5. The van der Waals surface area contributed by atoms with Crippen molar-refractivity contribution in [2.75, 3.05) is 19.7 Å². The van der Waals surface area contributed by atoms with Gasteiger partial charge in [-0.3, -0.25) is 4.79 Å². The maximum Gasteiger partial charge on any atom is 0.260 e. The molecule has 1 fully saturated rings. The molecule has 1 aliphatic rings. The van der Waals surface area contributed by atoms with E-state index in [1.165, 1.54) is 18.2 Å². The van der Waals surface area contributed by atoms with Crippen LogP contribution < -0.4 is 4.74 Å². The minimum Gasteiger partial charge on any atom is -0.484 e. The number of likely N-dealkylation sites (tertiary alicyclic amines) is 1. The number of amides is 1. The number of benzene rings is 1. The van der Waals surface area contributed by atoms with Crippen LogP contribution in [0.1, 0.15) is 24.6 Å². The van der Waals surface area contributed by atoms with E-state index in [1.807, 2.05) is 0 Å². The van der Waals surface area contributed by atoms with Gasteiger partial charge < -0.3 is 9.64 Å². The van der Waals surface area contributed by atoms with Crippen LogP contribution in [-0.2, 0) is 4.79 Å². The van der Waals surface area contributed by atoms with Crippen LogP contribution in [0, 0.1) is 5.82 Å². The number of hydrogen-bond donors (Lipinski definition) is 1. The molecule has 2 heterocycles. The van der Waals surface area contributed by atoms with Crippen molar-refractivity contribution < 1.29 is 13.9 Å². The molecule has 1 aromatic heterocycles. The van der Waals surface area contributed by atoms with E-state index in [4.69, 9.17) is 16.3 Å². The van der Waals surface area contributed by atoms with E-state index in [-0.39, 0.29) is 23.5 Å². The summed E-state index contributed by atoms with van der Waals surface area (Å²) in [6, 6.07) is 4.00. The van der Waals surface area contributed by atoms with Crippen molar-refractivity contribution in [2.45, 2.75) is 18.8 Å². The minimum atomic E-state index is -0.520. The van der Waals surface area contributed by atoms with Crippen molar-refractivity contribution in [2.24, 2.45) is 0 Å². The van der Waals surface area contributed by atoms with Gasteiger partial charge in [0, 0.05) is 25.1 Å². The van der Waals surface area contributed by atoms with Gasteiger partial charge in [-0.25, -0.2) is 4.39 Å². The Morgan fingerprint density at radius 2 is 2.22 bits per heavy atom. The van der Waals surface area contributed by atoms with Gasteiger partial charge in [-0.1, -0.05) is 16.8 Å². The van der Waals surface area contributed by atoms with Gasteiger partial charge in [-0.2, -0.15) is 5.21 Å². The molecule has 23 heavy (non-hydrogen) atoms. The lowest BCUT2D eigenvalue weighted by atomic mass is 9.96. The number of carbonyl (C=O) groups is 1. The first-order valence-corrected chi connectivity index (χ1v) is 7.60. The first kappa shape index (κ1) is 15.7. The molecular weight excluding hydrogens is 325 g/mol. The minimum absolute atomic E-state index is 0.0316. The highest BCUT2D eigenvalue weighted by molar-refractivity contribution is 6.30. The number of H-pyrrole nitrogens is 1.